The maximum absolute atomic E-state index is 11.7. The lowest BCUT2D eigenvalue weighted by atomic mass is 9.80. The molecule has 1 N–H and O–H groups in total. The first-order valence-corrected chi connectivity index (χ1v) is 7.42. The van der Waals surface area contributed by atoms with Gasteiger partial charge in [-0.15, -0.1) is 16.4 Å². The number of tetrazole rings is 1. The molecule has 3 heterocycles. The average Bonchev–Trinajstić information content (AvgIpc) is 3.08. The largest absolute Gasteiger partial charge is 0.481 e. The SMILES string of the molecule is Cc1ncc(-c2nnnn2CC2(C(=O)O)CCOCC2)s1. The Morgan fingerprint density at radius 2 is 2.29 bits per heavy atom. The summed E-state index contributed by atoms with van der Waals surface area (Å²) in [5.74, 6) is -0.263. The van der Waals surface area contributed by atoms with Crippen LogP contribution in [0.1, 0.15) is 17.8 Å². The van der Waals surface area contributed by atoms with Crippen molar-refractivity contribution in [3.63, 3.8) is 0 Å². The Bertz CT molecular complexity index is 647. The second-order valence-corrected chi connectivity index (χ2v) is 6.34. The zero-order valence-electron chi connectivity index (χ0n) is 11.5. The minimum absolute atomic E-state index is 0.241. The number of aromatic nitrogens is 5. The predicted molar refractivity (Wildman–Crippen MR) is 73.8 cm³/mol. The number of carboxylic acids is 1. The molecule has 0 amide bonds. The van der Waals surface area contributed by atoms with Crippen LogP contribution in [0.3, 0.4) is 0 Å². The third-order valence-electron chi connectivity index (χ3n) is 3.73. The van der Waals surface area contributed by atoms with Gasteiger partial charge in [-0.1, -0.05) is 0 Å². The molecule has 3 rings (SSSR count). The quantitative estimate of drug-likeness (QED) is 0.898. The van der Waals surface area contributed by atoms with E-state index in [0.29, 0.717) is 31.9 Å². The molecule has 2 aromatic heterocycles. The first-order chi connectivity index (χ1) is 10.1. The van der Waals surface area contributed by atoms with Crippen molar-refractivity contribution in [3.05, 3.63) is 11.2 Å². The highest BCUT2D eigenvalue weighted by atomic mass is 32.1. The molecule has 0 bridgehead atoms. The molecule has 1 saturated heterocycles. The Labute approximate surface area is 124 Å². The number of carboxylic acid groups (broad SMARTS) is 1. The Balaban J connectivity index is 1.91. The average molecular weight is 309 g/mol. The molecular formula is C12H15N5O3S. The maximum atomic E-state index is 11.7. The molecule has 21 heavy (non-hydrogen) atoms. The molecule has 1 aliphatic rings. The van der Waals surface area contributed by atoms with Crippen LogP contribution in [0.2, 0.25) is 0 Å². The lowest BCUT2D eigenvalue weighted by molar-refractivity contribution is -0.156. The second-order valence-electron chi connectivity index (χ2n) is 5.10. The fourth-order valence-corrected chi connectivity index (χ4v) is 3.21. The lowest BCUT2D eigenvalue weighted by Gasteiger charge is -2.32. The summed E-state index contributed by atoms with van der Waals surface area (Å²) in [6.45, 7) is 3.04. The van der Waals surface area contributed by atoms with Gasteiger partial charge in [-0.05, 0) is 30.2 Å². The summed E-state index contributed by atoms with van der Waals surface area (Å²) in [4.78, 5) is 16.7. The molecule has 1 aliphatic heterocycles. The number of hydrogen-bond donors (Lipinski definition) is 1. The molecule has 0 aliphatic carbocycles. The van der Waals surface area contributed by atoms with Gasteiger partial charge in [0.25, 0.3) is 0 Å². The minimum Gasteiger partial charge on any atom is -0.481 e. The standard InChI is InChI=1S/C12H15N5O3S/c1-8-13-6-9(21-8)10-14-15-16-17(10)7-12(11(18)19)2-4-20-5-3-12/h6H,2-5,7H2,1H3,(H,18,19). The second kappa shape index (κ2) is 5.49. The molecule has 0 unspecified atom stereocenters. The third kappa shape index (κ3) is 2.66. The molecule has 0 aromatic carbocycles. The van der Waals surface area contributed by atoms with E-state index in [2.05, 4.69) is 20.5 Å². The van der Waals surface area contributed by atoms with Gasteiger partial charge in [-0.3, -0.25) is 4.79 Å². The van der Waals surface area contributed by atoms with Gasteiger partial charge in [0.2, 0.25) is 0 Å². The maximum Gasteiger partial charge on any atom is 0.311 e. The fraction of sp³-hybridized carbons (Fsp3) is 0.583. The number of hydrogen-bond acceptors (Lipinski definition) is 7. The third-order valence-corrected chi connectivity index (χ3v) is 4.64. The Morgan fingerprint density at radius 1 is 1.52 bits per heavy atom. The van der Waals surface area contributed by atoms with Gasteiger partial charge in [-0.2, -0.15) is 0 Å². The van der Waals surface area contributed by atoms with Crippen LogP contribution in [0.4, 0.5) is 0 Å². The van der Waals surface area contributed by atoms with Crippen molar-refractivity contribution >= 4 is 17.3 Å². The number of rotatable bonds is 4. The predicted octanol–water partition coefficient (Wildman–Crippen LogP) is 0.986. The highest BCUT2D eigenvalue weighted by Crippen LogP contribution is 2.34. The van der Waals surface area contributed by atoms with E-state index in [9.17, 15) is 9.90 Å². The van der Waals surface area contributed by atoms with E-state index >= 15 is 0 Å². The lowest BCUT2D eigenvalue weighted by Crippen LogP contribution is -2.41. The van der Waals surface area contributed by atoms with E-state index in [-0.39, 0.29) is 6.54 Å². The first kappa shape index (κ1) is 14.1. The summed E-state index contributed by atoms with van der Waals surface area (Å²) >= 11 is 1.48. The van der Waals surface area contributed by atoms with E-state index in [0.717, 1.165) is 9.88 Å². The van der Waals surface area contributed by atoms with E-state index in [1.807, 2.05) is 6.92 Å². The van der Waals surface area contributed by atoms with Crippen molar-refractivity contribution < 1.29 is 14.6 Å². The van der Waals surface area contributed by atoms with E-state index in [4.69, 9.17) is 4.74 Å². The van der Waals surface area contributed by atoms with Crippen molar-refractivity contribution in [2.24, 2.45) is 5.41 Å². The molecule has 0 saturated carbocycles. The summed E-state index contributed by atoms with van der Waals surface area (Å²) in [5, 5.41) is 22.2. The van der Waals surface area contributed by atoms with Crippen LogP contribution in [-0.4, -0.2) is 49.5 Å². The number of aliphatic carboxylic acids is 1. The van der Waals surface area contributed by atoms with E-state index in [1.165, 1.54) is 11.3 Å². The van der Waals surface area contributed by atoms with Crippen LogP contribution < -0.4 is 0 Å². The molecule has 1 fully saturated rings. The molecule has 112 valence electrons. The van der Waals surface area contributed by atoms with Crippen molar-refractivity contribution in [2.75, 3.05) is 13.2 Å². The number of ether oxygens (including phenoxy) is 1. The van der Waals surface area contributed by atoms with Gasteiger partial charge in [0.15, 0.2) is 5.82 Å². The normalized spacial score (nSPS) is 17.8. The molecule has 8 nitrogen and oxygen atoms in total. The summed E-state index contributed by atoms with van der Waals surface area (Å²) in [6.07, 6.45) is 2.63. The molecule has 0 radical (unpaired) electrons. The van der Waals surface area contributed by atoms with Gasteiger partial charge in [0.1, 0.15) is 0 Å². The van der Waals surface area contributed by atoms with Crippen molar-refractivity contribution in [1.29, 1.82) is 0 Å². The smallest absolute Gasteiger partial charge is 0.311 e. The van der Waals surface area contributed by atoms with Crippen LogP contribution in [0.15, 0.2) is 6.20 Å². The van der Waals surface area contributed by atoms with Crippen molar-refractivity contribution in [1.82, 2.24) is 25.2 Å². The summed E-state index contributed by atoms with van der Waals surface area (Å²) in [6, 6.07) is 0. The highest BCUT2D eigenvalue weighted by molar-refractivity contribution is 7.14. The summed E-state index contributed by atoms with van der Waals surface area (Å²) < 4.78 is 6.84. The zero-order chi connectivity index (χ0) is 14.9. The Kier molecular flexibility index (Phi) is 3.68. The number of nitrogens with zero attached hydrogens (tertiary/aromatic N) is 5. The van der Waals surface area contributed by atoms with Crippen molar-refractivity contribution in [2.45, 2.75) is 26.3 Å². The van der Waals surface area contributed by atoms with Crippen LogP contribution in [0, 0.1) is 12.3 Å². The molecule has 0 spiro atoms. The van der Waals surface area contributed by atoms with Crippen LogP contribution in [-0.2, 0) is 16.1 Å². The topological polar surface area (TPSA) is 103 Å². The van der Waals surface area contributed by atoms with E-state index in [1.54, 1.807) is 10.9 Å². The first-order valence-electron chi connectivity index (χ1n) is 6.61. The summed E-state index contributed by atoms with van der Waals surface area (Å²) in [7, 11) is 0. The number of aryl methyl sites for hydroxylation is 1. The van der Waals surface area contributed by atoms with Gasteiger partial charge in [0.05, 0.1) is 21.8 Å². The molecular weight excluding hydrogens is 294 g/mol. The van der Waals surface area contributed by atoms with Crippen LogP contribution in [0.25, 0.3) is 10.7 Å². The van der Waals surface area contributed by atoms with Gasteiger partial charge < -0.3 is 9.84 Å². The highest BCUT2D eigenvalue weighted by Gasteiger charge is 2.41. The number of carbonyl (C=O) groups is 1. The van der Waals surface area contributed by atoms with E-state index < -0.39 is 11.4 Å². The fourth-order valence-electron chi connectivity index (χ4n) is 2.44. The monoisotopic (exact) mass is 309 g/mol. The molecule has 2 aromatic rings. The van der Waals surface area contributed by atoms with Crippen LogP contribution in [0.5, 0.6) is 0 Å². The molecule has 0 atom stereocenters. The molecule has 9 heteroatoms. The van der Waals surface area contributed by atoms with Gasteiger partial charge in [-0.25, -0.2) is 9.67 Å². The summed E-state index contributed by atoms with van der Waals surface area (Å²) in [5.41, 5.74) is -0.873. The zero-order valence-corrected chi connectivity index (χ0v) is 12.3. The van der Waals surface area contributed by atoms with Gasteiger partial charge in [0, 0.05) is 19.4 Å². The van der Waals surface area contributed by atoms with Crippen molar-refractivity contribution in [3.8, 4) is 10.7 Å². The minimum atomic E-state index is -0.873. The Hall–Kier alpha value is -1.87. The number of thiazole rings is 1. The Morgan fingerprint density at radius 3 is 2.90 bits per heavy atom. The van der Waals surface area contributed by atoms with Crippen LogP contribution >= 0.6 is 11.3 Å². The van der Waals surface area contributed by atoms with Gasteiger partial charge >= 0.3 is 5.97 Å².